The van der Waals surface area contributed by atoms with Crippen LogP contribution in [0.5, 0.6) is 0 Å². The second-order valence-electron chi connectivity index (χ2n) is 6.31. The van der Waals surface area contributed by atoms with Crippen LogP contribution in [-0.2, 0) is 9.53 Å². The fraction of sp³-hybridized carbons (Fsp3) is 0.130. The molecule has 0 spiro atoms. The van der Waals surface area contributed by atoms with Gasteiger partial charge in [0.2, 0.25) is 5.91 Å². The van der Waals surface area contributed by atoms with E-state index >= 15 is 0 Å². The molecule has 0 saturated heterocycles. The maximum Gasteiger partial charge on any atom is 0.341 e. The Balaban J connectivity index is 1.86. The number of hydrogen-bond acceptors (Lipinski definition) is 4. The summed E-state index contributed by atoms with van der Waals surface area (Å²) in [6, 6.07) is 15.0. The molecule has 1 heterocycles. The van der Waals surface area contributed by atoms with Gasteiger partial charge < -0.3 is 10.1 Å². The van der Waals surface area contributed by atoms with Gasteiger partial charge in [0, 0.05) is 22.0 Å². The van der Waals surface area contributed by atoms with E-state index in [1.165, 1.54) is 17.4 Å². The molecule has 0 atom stereocenters. The molecule has 0 aliphatic rings. The number of carbonyl (C=O) groups is 2. The molecule has 0 unspecified atom stereocenters. The Labute approximate surface area is 178 Å². The summed E-state index contributed by atoms with van der Waals surface area (Å²) < 4.78 is 5.21. The monoisotopic (exact) mass is 425 g/mol. The Morgan fingerprint density at radius 1 is 1.10 bits per heavy atom. The topological polar surface area (TPSA) is 55.4 Å². The van der Waals surface area contributed by atoms with E-state index in [0.29, 0.717) is 21.2 Å². The molecule has 0 radical (unpaired) electrons. The van der Waals surface area contributed by atoms with Gasteiger partial charge in [-0.2, -0.15) is 0 Å². The first kappa shape index (κ1) is 20.8. The zero-order chi connectivity index (χ0) is 20.8. The molecule has 2 aromatic carbocycles. The van der Waals surface area contributed by atoms with Crippen molar-refractivity contribution < 1.29 is 14.3 Å². The van der Waals surface area contributed by atoms with E-state index in [4.69, 9.17) is 16.3 Å². The SMILES string of the molecule is CCOC(=O)c1c(-c2ccc(Cl)cc2)csc1NC(=O)/C=C/c1ccc(C)cc1. The van der Waals surface area contributed by atoms with Crippen LogP contribution in [0.1, 0.15) is 28.4 Å². The van der Waals surface area contributed by atoms with Crippen molar-refractivity contribution in [1.29, 1.82) is 0 Å². The third-order valence-electron chi connectivity index (χ3n) is 4.17. The van der Waals surface area contributed by atoms with E-state index in [9.17, 15) is 9.59 Å². The lowest BCUT2D eigenvalue weighted by Gasteiger charge is -2.08. The number of esters is 1. The van der Waals surface area contributed by atoms with Crippen molar-refractivity contribution in [1.82, 2.24) is 0 Å². The molecule has 0 aliphatic carbocycles. The maximum atomic E-state index is 12.6. The van der Waals surface area contributed by atoms with Crippen LogP contribution >= 0.6 is 22.9 Å². The van der Waals surface area contributed by atoms with Gasteiger partial charge >= 0.3 is 5.97 Å². The van der Waals surface area contributed by atoms with Gasteiger partial charge in [-0.3, -0.25) is 4.79 Å². The number of hydrogen-bond donors (Lipinski definition) is 1. The van der Waals surface area contributed by atoms with Crippen molar-refractivity contribution in [3.8, 4) is 11.1 Å². The quantitative estimate of drug-likeness (QED) is 0.377. The lowest BCUT2D eigenvalue weighted by molar-refractivity contribution is -0.111. The number of nitrogens with one attached hydrogen (secondary N) is 1. The lowest BCUT2D eigenvalue weighted by Crippen LogP contribution is -2.12. The van der Waals surface area contributed by atoms with E-state index in [2.05, 4.69) is 5.32 Å². The van der Waals surface area contributed by atoms with Crippen LogP contribution in [0, 0.1) is 6.92 Å². The van der Waals surface area contributed by atoms with E-state index in [0.717, 1.165) is 16.7 Å². The number of carbonyl (C=O) groups excluding carboxylic acids is 2. The molecule has 3 rings (SSSR count). The van der Waals surface area contributed by atoms with Gasteiger partial charge in [-0.15, -0.1) is 11.3 Å². The third kappa shape index (κ3) is 5.34. The molecule has 29 heavy (non-hydrogen) atoms. The molecule has 0 aliphatic heterocycles. The second-order valence-corrected chi connectivity index (χ2v) is 7.63. The van der Waals surface area contributed by atoms with Crippen molar-refractivity contribution in [2.24, 2.45) is 0 Å². The van der Waals surface area contributed by atoms with Gasteiger partial charge in [-0.05, 0) is 43.2 Å². The highest BCUT2D eigenvalue weighted by molar-refractivity contribution is 7.15. The maximum absolute atomic E-state index is 12.6. The average Bonchev–Trinajstić information content (AvgIpc) is 3.12. The van der Waals surface area contributed by atoms with Gasteiger partial charge in [0.25, 0.3) is 0 Å². The minimum Gasteiger partial charge on any atom is -0.462 e. The summed E-state index contributed by atoms with van der Waals surface area (Å²) in [6.45, 7) is 4.00. The van der Waals surface area contributed by atoms with Crippen LogP contribution < -0.4 is 5.32 Å². The van der Waals surface area contributed by atoms with Crippen LogP contribution in [0.15, 0.2) is 60.0 Å². The van der Waals surface area contributed by atoms with Crippen LogP contribution in [0.4, 0.5) is 5.00 Å². The van der Waals surface area contributed by atoms with Gasteiger partial charge in [0.15, 0.2) is 0 Å². The molecule has 1 aromatic heterocycles. The van der Waals surface area contributed by atoms with Gasteiger partial charge in [-0.1, -0.05) is 53.6 Å². The van der Waals surface area contributed by atoms with Gasteiger partial charge in [0.1, 0.15) is 10.6 Å². The number of amides is 1. The lowest BCUT2D eigenvalue weighted by atomic mass is 10.0. The first-order valence-corrected chi connectivity index (χ1v) is 10.3. The number of rotatable bonds is 6. The highest BCUT2D eigenvalue weighted by Crippen LogP contribution is 2.36. The minimum atomic E-state index is -0.475. The normalized spacial score (nSPS) is 10.9. The summed E-state index contributed by atoms with van der Waals surface area (Å²) in [6.07, 6.45) is 3.17. The van der Waals surface area contributed by atoms with E-state index in [1.54, 1.807) is 25.1 Å². The molecule has 148 valence electrons. The smallest absolute Gasteiger partial charge is 0.341 e. The van der Waals surface area contributed by atoms with Crippen molar-refractivity contribution in [2.45, 2.75) is 13.8 Å². The summed E-state index contributed by atoms with van der Waals surface area (Å²) in [7, 11) is 0. The molecule has 0 fully saturated rings. The Bertz CT molecular complexity index is 1040. The molecule has 1 N–H and O–H groups in total. The number of anilines is 1. The third-order valence-corrected chi connectivity index (χ3v) is 5.31. The van der Waals surface area contributed by atoms with E-state index in [1.807, 2.05) is 48.7 Å². The molecular formula is C23H20ClNO3S. The molecule has 6 heteroatoms. The summed E-state index contributed by atoms with van der Waals surface area (Å²) in [5.74, 6) is -0.794. The standard InChI is InChI=1S/C23H20ClNO3S/c1-3-28-23(27)21-19(17-9-11-18(24)12-10-17)14-29-22(21)25-20(26)13-8-16-6-4-15(2)5-7-16/h4-14H,3H2,1-2H3,(H,25,26)/b13-8+. The molecule has 1 amide bonds. The highest BCUT2D eigenvalue weighted by Gasteiger charge is 2.22. The van der Waals surface area contributed by atoms with Crippen LogP contribution in [0.3, 0.4) is 0 Å². The molecule has 4 nitrogen and oxygen atoms in total. The Hall–Kier alpha value is -2.89. The number of thiophene rings is 1. The number of aryl methyl sites for hydroxylation is 1. The van der Waals surface area contributed by atoms with Crippen molar-refractivity contribution >= 4 is 45.9 Å². The first-order chi connectivity index (χ1) is 14.0. The first-order valence-electron chi connectivity index (χ1n) is 9.08. The second kappa shape index (κ2) is 9.54. The van der Waals surface area contributed by atoms with Crippen LogP contribution in [0.2, 0.25) is 5.02 Å². The molecule has 0 bridgehead atoms. The fourth-order valence-corrected chi connectivity index (χ4v) is 3.79. The van der Waals surface area contributed by atoms with Crippen molar-refractivity contribution in [3.05, 3.63) is 81.7 Å². The van der Waals surface area contributed by atoms with E-state index in [-0.39, 0.29) is 12.5 Å². The van der Waals surface area contributed by atoms with Gasteiger partial charge in [0.05, 0.1) is 6.61 Å². The molecule has 0 saturated carbocycles. The zero-order valence-electron chi connectivity index (χ0n) is 16.1. The van der Waals surface area contributed by atoms with Gasteiger partial charge in [-0.25, -0.2) is 4.79 Å². The van der Waals surface area contributed by atoms with E-state index < -0.39 is 5.97 Å². The summed E-state index contributed by atoms with van der Waals surface area (Å²) in [4.78, 5) is 25.0. The predicted molar refractivity (Wildman–Crippen MR) is 120 cm³/mol. The van der Waals surface area contributed by atoms with Crippen LogP contribution in [-0.4, -0.2) is 18.5 Å². The number of benzene rings is 2. The highest BCUT2D eigenvalue weighted by atomic mass is 35.5. The fourth-order valence-electron chi connectivity index (χ4n) is 2.70. The van der Waals surface area contributed by atoms with Crippen molar-refractivity contribution in [3.63, 3.8) is 0 Å². The Morgan fingerprint density at radius 2 is 1.79 bits per heavy atom. The molecular weight excluding hydrogens is 406 g/mol. The van der Waals surface area contributed by atoms with Crippen LogP contribution in [0.25, 0.3) is 17.2 Å². The number of halogens is 1. The predicted octanol–water partition coefficient (Wildman–Crippen LogP) is 6.21. The minimum absolute atomic E-state index is 0.245. The molecule has 3 aromatic rings. The number of ether oxygens (including phenoxy) is 1. The summed E-state index contributed by atoms with van der Waals surface area (Å²) >= 11 is 7.25. The summed E-state index contributed by atoms with van der Waals surface area (Å²) in [5, 5.41) is 5.69. The summed E-state index contributed by atoms with van der Waals surface area (Å²) in [5.41, 5.74) is 3.94. The van der Waals surface area contributed by atoms with Crippen molar-refractivity contribution in [2.75, 3.05) is 11.9 Å². The zero-order valence-corrected chi connectivity index (χ0v) is 17.6. The Morgan fingerprint density at radius 3 is 2.45 bits per heavy atom. The Kier molecular flexibility index (Phi) is 6.86. The largest absolute Gasteiger partial charge is 0.462 e. The average molecular weight is 426 g/mol.